The molecule has 0 aromatic heterocycles. The Morgan fingerprint density at radius 3 is 2.13 bits per heavy atom. The van der Waals surface area contributed by atoms with E-state index in [1.54, 1.807) is 0 Å². The molecular formula is C21H42N2. The molecule has 0 amide bonds. The molecule has 2 nitrogen and oxygen atoms in total. The van der Waals surface area contributed by atoms with E-state index in [-0.39, 0.29) is 0 Å². The van der Waals surface area contributed by atoms with E-state index in [0.717, 1.165) is 0 Å². The monoisotopic (exact) mass is 322 g/mol. The summed E-state index contributed by atoms with van der Waals surface area (Å²) in [5.74, 6) is 0. The average Bonchev–Trinajstić information content (AvgIpc) is 2.94. The summed E-state index contributed by atoms with van der Waals surface area (Å²) in [5.41, 5.74) is 1.41. The zero-order valence-corrected chi connectivity index (χ0v) is 16.5. The van der Waals surface area contributed by atoms with Crippen LogP contribution in [0, 0.1) is 10.8 Å². The molecule has 1 aliphatic heterocycles. The van der Waals surface area contributed by atoms with Gasteiger partial charge in [0.05, 0.1) is 0 Å². The summed E-state index contributed by atoms with van der Waals surface area (Å²) in [4.78, 5) is 5.21. The number of nitrogens with zero attached hydrogens (tertiary/aromatic N) is 2. The van der Waals surface area contributed by atoms with Crippen molar-refractivity contribution in [3.05, 3.63) is 0 Å². The molecule has 1 saturated heterocycles. The minimum atomic E-state index is 0.696. The van der Waals surface area contributed by atoms with Crippen molar-refractivity contribution < 1.29 is 0 Å². The van der Waals surface area contributed by atoms with Crippen LogP contribution in [-0.2, 0) is 0 Å². The van der Waals surface area contributed by atoms with E-state index in [4.69, 9.17) is 0 Å². The molecule has 0 aromatic rings. The van der Waals surface area contributed by atoms with Gasteiger partial charge >= 0.3 is 0 Å². The van der Waals surface area contributed by atoms with Crippen LogP contribution in [0.1, 0.15) is 85.0 Å². The molecule has 0 radical (unpaired) electrons. The van der Waals surface area contributed by atoms with Gasteiger partial charge < -0.3 is 9.80 Å². The van der Waals surface area contributed by atoms with Crippen molar-refractivity contribution in [2.75, 3.05) is 39.8 Å². The molecule has 2 aliphatic rings. The topological polar surface area (TPSA) is 6.48 Å². The Morgan fingerprint density at radius 2 is 1.57 bits per heavy atom. The Balaban J connectivity index is 1.77. The van der Waals surface area contributed by atoms with Crippen LogP contribution in [-0.4, -0.2) is 49.6 Å². The van der Waals surface area contributed by atoms with Crippen LogP contribution in [0.2, 0.25) is 0 Å². The van der Waals surface area contributed by atoms with Crippen LogP contribution in [0.15, 0.2) is 0 Å². The van der Waals surface area contributed by atoms with Gasteiger partial charge in [-0.15, -0.1) is 0 Å². The van der Waals surface area contributed by atoms with Crippen molar-refractivity contribution in [2.45, 2.75) is 85.0 Å². The molecule has 1 heterocycles. The van der Waals surface area contributed by atoms with Crippen molar-refractivity contribution in [3.63, 3.8) is 0 Å². The summed E-state index contributed by atoms with van der Waals surface area (Å²) in [5, 5.41) is 0. The van der Waals surface area contributed by atoms with Gasteiger partial charge in [-0.2, -0.15) is 0 Å². The van der Waals surface area contributed by atoms with Crippen molar-refractivity contribution in [3.8, 4) is 0 Å². The zero-order valence-electron chi connectivity index (χ0n) is 16.5. The van der Waals surface area contributed by atoms with Gasteiger partial charge in [-0.1, -0.05) is 33.6 Å². The second kappa shape index (κ2) is 8.85. The number of hydrogen-bond donors (Lipinski definition) is 0. The normalized spacial score (nSPS) is 23.9. The van der Waals surface area contributed by atoms with Crippen molar-refractivity contribution in [2.24, 2.45) is 10.8 Å². The second-order valence-electron chi connectivity index (χ2n) is 8.78. The van der Waals surface area contributed by atoms with Gasteiger partial charge in [-0.05, 0) is 95.4 Å². The Morgan fingerprint density at radius 1 is 0.913 bits per heavy atom. The SMILES string of the molecule is CCCC1(CCC)CCC2(CCN(CCCN(C)CC)C2)CC1. The maximum atomic E-state index is 2.77. The Bertz CT molecular complexity index is 323. The lowest BCUT2D eigenvalue weighted by atomic mass is 9.60. The van der Waals surface area contributed by atoms with Crippen molar-refractivity contribution in [1.29, 1.82) is 0 Å². The molecule has 136 valence electrons. The van der Waals surface area contributed by atoms with Crippen molar-refractivity contribution in [1.82, 2.24) is 9.80 Å². The highest BCUT2D eigenvalue weighted by molar-refractivity contribution is 4.97. The molecule has 2 fully saturated rings. The van der Waals surface area contributed by atoms with Gasteiger partial charge in [0.2, 0.25) is 0 Å². The molecule has 1 saturated carbocycles. The first kappa shape index (κ1) is 19.2. The Labute approximate surface area is 146 Å². The van der Waals surface area contributed by atoms with Gasteiger partial charge in [-0.25, -0.2) is 0 Å². The average molecular weight is 323 g/mol. The van der Waals surface area contributed by atoms with Crippen molar-refractivity contribution >= 4 is 0 Å². The first-order chi connectivity index (χ1) is 11.1. The molecule has 0 atom stereocenters. The maximum absolute atomic E-state index is 2.77. The molecule has 0 bridgehead atoms. The van der Waals surface area contributed by atoms with E-state index in [0.29, 0.717) is 10.8 Å². The lowest BCUT2D eigenvalue weighted by Crippen LogP contribution is -2.37. The van der Waals surface area contributed by atoms with Gasteiger partial charge in [-0.3, -0.25) is 0 Å². The van der Waals surface area contributed by atoms with Crippen LogP contribution < -0.4 is 0 Å². The first-order valence-corrected chi connectivity index (χ1v) is 10.5. The lowest BCUT2D eigenvalue weighted by molar-refractivity contribution is 0.0645. The van der Waals surface area contributed by atoms with Crippen LogP contribution >= 0.6 is 0 Å². The standard InChI is InChI=1S/C21H42N2/c1-5-9-20(10-6-2)11-13-21(14-12-20)15-18-23(19-21)17-8-16-22(4)7-3/h5-19H2,1-4H3. The Hall–Kier alpha value is -0.0800. The van der Waals surface area contributed by atoms with Crippen LogP contribution in [0.4, 0.5) is 0 Å². The molecule has 1 aliphatic carbocycles. The van der Waals surface area contributed by atoms with Crippen LogP contribution in [0.5, 0.6) is 0 Å². The smallest absolute Gasteiger partial charge is 0.00385 e. The summed E-state index contributed by atoms with van der Waals surface area (Å²) in [6, 6.07) is 0. The third kappa shape index (κ3) is 5.19. The highest BCUT2D eigenvalue weighted by Gasteiger charge is 2.44. The number of hydrogen-bond acceptors (Lipinski definition) is 2. The van der Waals surface area contributed by atoms with Gasteiger partial charge in [0, 0.05) is 6.54 Å². The molecule has 1 spiro atoms. The molecule has 0 unspecified atom stereocenters. The third-order valence-electron chi connectivity index (χ3n) is 7.00. The quantitative estimate of drug-likeness (QED) is 0.577. The van der Waals surface area contributed by atoms with Gasteiger partial charge in [0.15, 0.2) is 0 Å². The summed E-state index contributed by atoms with van der Waals surface area (Å²) < 4.78 is 0. The predicted octanol–water partition coefficient (Wildman–Crippen LogP) is 5.18. The fraction of sp³-hybridized carbons (Fsp3) is 1.00. The molecule has 2 rings (SSSR count). The number of rotatable bonds is 9. The number of likely N-dealkylation sites (tertiary alicyclic amines) is 1. The summed E-state index contributed by atoms with van der Waals surface area (Å²) in [6.45, 7) is 13.5. The predicted molar refractivity (Wildman–Crippen MR) is 102 cm³/mol. The van der Waals surface area contributed by atoms with E-state index in [1.165, 1.54) is 96.9 Å². The van der Waals surface area contributed by atoms with Gasteiger partial charge in [0.1, 0.15) is 0 Å². The molecule has 23 heavy (non-hydrogen) atoms. The van der Waals surface area contributed by atoms with Gasteiger partial charge in [0.25, 0.3) is 0 Å². The largest absolute Gasteiger partial charge is 0.307 e. The molecular weight excluding hydrogens is 280 g/mol. The summed E-state index contributed by atoms with van der Waals surface area (Å²) >= 11 is 0. The summed E-state index contributed by atoms with van der Waals surface area (Å²) in [7, 11) is 2.24. The van der Waals surface area contributed by atoms with Crippen LogP contribution in [0.25, 0.3) is 0 Å². The van der Waals surface area contributed by atoms with Crippen LogP contribution in [0.3, 0.4) is 0 Å². The van der Waals surface area contributed by atoms with E-state index in [2.05, 4.69) is 37.6 Å². The highest BCUT2D eigenvalue weighted by Crippen LogP contribution is 2.53. The third-order valence-corrected chi connectivity index (χ3v) is 7.00. The van der Waals surface area contributed by atoms with E-state index >= 15 is 0 Å². The fourth-order valence-corrected chi connectivity index (χ4v) is 5.35. The second-order valence-corrected chi connectivity index (χ2v) is 8.78. The van der Waals surface area contributed by atoms with E-state index < -0.39 is 0 Å². The zero-order chi connectivity index (χ0) is 16.8. The highest BCUT2D eigenvalue weighted by atomic mass is 15.2. The lowest BCUT2D eigenvalue weighted by Gasteiger charge is -2.45. The molecule has 0 aromatic carbocycles. The van der Waals surface area contributed by atoms with E-state index in [1.807, 2.05) is 0 Å². The summed E-state index contributed by atoms with van der Waals surface area (Å²) in [6.07, 6.45) is 14.6. The first-order valence-electron chi connectivity index (χ1n) is 10.5. The Kier molecular flexibility index (Phi) is 7.41. The van der Waals surface area contributed by atoms with E-state index in [9.17, 15) is 0 Å². The molecule has 0 N–H and O–H groups in total. The molecule has 2 heteroatoms. The maximum Gasteiger partial charge on any atom is 0.00385 e. The minimum absolute atomic E-state index is 0.696. The fourth-order valence-electron chi connectivity index (χ4n) is 5.35. The minimum Gasteiger partial charge on any atom is -0.307 e.